The molecule has 0 saturated heterocycles. The summed E-state index contributed by atoms with van der Waals surface area (Å²) in [4.78, 5) is 0. The Hall–Kier alpha value is -2.17. The summed E-state index contributed by atoms with van der Waals surface area (Å²) in [5.41, 5.74) is 8.36. The van der Waals surface area contributed by atoms with Crippen molar-refractivity contribution in [2.75, 3.05) is 12.8 Å². The van der Waals surface area contributed by atoms with E-state index in [2.05, 4.69) is 5.10 Å². The van der Waals surface area contributed by atoms with E-state index < -0.39 is 0 Å². The molecule has 17 heavy (non-hydrogen) atoms. The molecule has 0 aliphatic carbocycles. The molecule has 1 aromatic carbocycles. The minimum atomic E-state index is 0.152. The van der Waals surface area contributed by atoms with Crippen LogP contribution in [0.3, 0.4) is 0 Å². The smallest absolute Gasteiger partial charge is 0.161 e. The molecule has 0 unspecified atom stereocenters. The van der Waals surface area contributed by atoms with Crippen molar-refractivity contribution in [1.29, 1.82) is 0 Å². The third kappa shape index (κ3) is 1.80. The van der Waals surface area contributed by atoms with Gasteiger partial charge < -0.3 is 15.6 Å². The van der Waals surface area contributed by atoms with E-state index in [-0.39, 0.29) is 5.75 Å². The van der Waals surface area contributed by atoms with Crippen molar-refractivity contribution < 1.29 is 9.84 Å². The Morgan fingerprint density at radius 3 is 2.65 bits per heavy atom. The van der Waals surface area contributed by atoms with Gasteiger partial charge in [0.2, 0.25) is 0 Å². The summed E-state index contributed by atoms with van der Waals surface area (Å²) in [6.45, 7) is 1.81. The lowest BCUT2D eigenvalue weighted by atomic mass is 10.0. The molecule has 1 heterocycles. The maximum absolute atomic E-state index is 9.77. The predicted octanol–water partition coefficient (Wildman–Crippen LogP) is 1.69. The number of hydrogen-bond donors (Lipinski definition) is 2. The number of benzene rings is 1. The fraction of sp³-hybridized carbons (Fsp3) is 0.250. The highest BCUT2D eigenvalue weighted by molar-refractivity contribution is 5.76. The monoisotopic (exact) mass is 233 g/mol. The Balaban J connectivity index is 2.61. The third-order valence-corrected chi connectivity index (χ3v) is 2.78. The zero-order valence-electron chi connectivity index (χ0n) is 10.1. The second-order valence-corrected chi connectivity index (χ2v) is 3.91. The summed E-state index contributed by atoms with van der Waals surface area (Å²) in [7, 11) is 3.30. The van der Waals surface area contributed by atoms with Crippen LogP contribution in [0.2, 0.25) is 0 Å². The number of hydrogen-bond acceptors (Lipinski definition) is 4. The Bertz CT molecular complexity index is 561. The van der Waals surface area contributed by atoms with E-state index in [1.54, 1.807) is 24.0 Å². The lowest BCUT2D eigenvalue weighted by molar-refractivity contribution is 0.372. The van der Waals surface area contributed by atoms with Gasteiger partial charge in [0.05, 0.1) is 13.3 Å². The molecule has 0 radical (unpaired) electrons. The van der Waals surface area contributed by atoms with Gasteiger partial charge in [0, 0.05) is 12.6 Å². The minimum absolute atomic E-state index is 0.152. The summed E-state index contributed by atoms with van der Waals surface area (Å²) >= 11 is 0. The Morgan fingerprint density at radius 2 is 2.12 bits per heavy atom. The van der Waals surface area contributed by atoms with Crippen molar-refractivity contribution in [3.8, 4) is 22.6 Å². The first-order valence-corrected chi connectivity index (χ1v) is 5.20. The van der Waals surface area contributed by atoms with Gasteiger partial charge in [-0.15, -0.1) is 0 Å². The molecule has 0 fully saturated rings. The molecule has 5 heteroatoms. The molecule has 0 spiro atoms. The number of nitrogens with zero attached hydrogens (tertiary/aromatic N) is 2. The highest BCUT2D eigenvalue weighted by Gasteiger charge is 2.12. The van der Waals surface area contributed by atoms with Crippen LogP contribution >= 0.6 is 0 Å². The van der Waals surface area contributed by atoms with E-state index >= 15 is 0 Å². The number of aryl methyl sites for hydroxylation is 2. The van der Waals surface area contributed by atoms with E-state index in [9.17, 15) is 5.11 Å². The first-order valence-electron chi connectivity index (χ1n) is 5.20. The van der Waals surface area contributed by atoms with Crippen LogP contribution < -0.4 is 10.5 Å². The maximum atomic E-state index is 9.77. The van der Waals surface area contributed by atoms with Gasteiger partial charge in [-0.3, -0.25) is 4.68 Å². The second kappa shape index (κ2) is 4.01. The Kier molecular flexibility index (Phi) is 2.67. The fourth-order valence-corrected chi connectivity index (χ4v) is 1.73. The molecule has 5 nitrogen and oxygen atoms in total. The van der Waals surface area contributed by atoms with Crippen LogP contribution in [-0.4, -0.2) is 22.0 Å². The number of ether oxygens (including phenoxy) is 1. The van der Waals surface area contributed by atoms with Gasteiger partial charge >= 0.3 is 0 Å². The van der Waals surface area contributed by atoms with Crippen molar-refractivity contribution >= 4 is 5.82 Å². The third-order valence-electron chi connectivity index (χ3n) is 2.78. The first kappa shape index (κ1) is 11.3. The molecule has 3 N–H and O–H groups in total. The van der Waals surface area contributed by atoms with Gasteiger partial charge in [-0.05, 0) is 30.2 Å². The number of nitrogens with two attached hydrogens (primary N) is 1. The molecule has 0 atom stereocenters. The van der Waals surface area contributed by atoms with Gasteiger partial charge in [0.25, 0.3) is 0 Å². The minimum Gasteiger partial charge on any atom is -0.504 e. The van der Waals surface area contributed by atoms with E-state index in [0.717, 1.165) is 16.7 Å². The Morgan fingerprint density at radius 1 is 1.41 bits per heavy atom. The van der Waals surface area contributed by atoms with Crippen LogP contribution in [0, 0.1) is 6.92 Å². The van der Waals surface area contributed by atoms with Crippen molar-refractivity contribution in [3.63, 3.8) is 0 Å². The van der Waals surface area contributed by atoms with E-state index in [4.69, 9.17) is 10.5 Å². The van der Waals surface area contributed by atoms with Crippen LogP contribution in [0.5, 0.6) is 11.5 Å². The lowest BCUT2D eigenvalue weighted by Crippen LogP contribution is -1.98. The summed E-state index contributed by atoms with van der Waals surface area (Å²) in [6, 6.07) is 3.60. The van der Waals surface area contributed by atoms with Crippen LogP contribution in [0.25, 0.3) is 11.1 Å². The average molecular weight is 233 g/mol. The zero-order chi connectivity index (χ0) is 12.6. The van der Waals surface area contributed by atoms with Gasteiger partial charge in [-0.1, -0.05) is 0 Å². The summed E-state index contributed by atoms with van der Waals surface area (Å²) in [5.74, 6) is 1.17. The summed E-state index contributed by atoms with van der Waals surface area (Å²) in [6.07, 6.45) is 1.70. The van der Waals surface area contributed by atoms with Gasteiger partial charge in [-0.2, -0.15) is 5.10 Å². The molecule has 90 valence electrons. The molecule has 1 aromatic heterocycles. The summed E-state index contributed by atoms with van der Waals surface area (Å²) < 4.78 is 6.72. The standard InChI is InChI=1S/C12H15N3O2/c1-7-4-8(5-10(17-3)11(7)16)9-6-14-15(2)12(9)13/h4-6,16H,13H2,1-3H3. The molecule has 0 amide bonds. The SMILES string of the molecule is COc1cc(-c2cnn(C)c2N)cc(C)c1O. The largest absolute Gasteiger partial charge is 0.504 e. The topological polar surface area (TPSA) is 73.3 Å². The van der Waals surface area contributed by atoms with Crippen molar-refractivity contribution in [1.82, 2.24) is 9.78 Å². The molecule has 0 saturated carbocycles. The number of anilines is 1. The average Bonchev–Trinajstić information content (AvgIpc) is 2.64. The summed E-state index contributed by atoms with van der Waals surface area (Å²) in [5, 5.41) is 13.9. The van der Waals surface area contributed by atoms with Crippen molar-refractivity contribution in [2.24, 2.45) is 7.05 Å². The van der Waals surface area contributed by atoms with Crippen molar-refractivity contribution in [2.45, 2.75) is 6.92 Å². The molecule has 2 aromatic rings. The molecule has 0 bridgehead atoms. The number of aromatic nitrogens is 2. The van der Waals surface area contributed by atoms with Crippen LogP contribution in [0.15, 0.2) is 18.3 Å². The zero-order valence-corrected chi connectivity index (χ0v) is 10.1. The number of rotatable bonds is 2. The van der Waals surface area contributed by atoms with Gasteiger partial charge in [0.1, 0.15) is 5.82 Å². The van der Waals surface area contributed by atoms with Crippen molar-refractivity contribution in [3.05, 3.63) is 23.9 Å². The van der Waals surface area contributed by atoms with Crippen LogP contribution in [-0.2, 0) is 7.05 Å². The molecular formula is C12H15N3O2. The number of nitrogen functional groups attached to an aromatic ring is 1. The molecular weight excluding hydrogens is 218 g/mol. The molecule has 2 rings (SSSR count). The Labute approximate surface area is 99.4 Å². The fourth-order valence-electron chi connectivity index (χ4n) is 1.73. The quantitative estimate of drug-likeness (QED) is 0.827. The van der Waals surface area contributed by atoms with E-state index in [0.29, 0.717) is 11.6 Å². The normalized spacial score (nSPS) is 10.5. The number of aromatic hydroxyl groups is 1. The number of phenols is 1. The number of methoxy groups -OCH3 is 1. The molecule has 0 aliphatic rings. The second-order valence-electron chi connectivity index (χ2n) is 3.91. The van der Waals surface area contributed by atoms with E-state index in [1.807, 2.05) is 13.0 Å². The number of phenolic OH excluding ortho intramolecular Hbond substituents is 1. The van der Waals surface area contributed by atoms with Crippen LogP contribution in [0.1, 0.15) is 5.56 Å². The maximum Gasteiger partial charge on any atom is 0.161 e. The highest BCUT2D eigenvalue weighted by Crippen LogP contribution is 2.36. The van der Waals surface area contributed by atoms with Crippen LogP contribution in [0.4, 0.5) is 5.82 Å². The highest BCUT2D eigenvalue weighted by atomic mass is 16.5. The predicted molar refractivity (Wildman–Crippen MR) is 66.0 cm³/mol. The first-order chi connectivity index (χ1) is 8.04. The molecule has 0 aliphatic heterocycles. The lowest BCUT2D eigenvalue weighted by Gasteiger charge is -2.09. The van der Waals surface area contributed by atoms with Gasteiger partial charge in [-0.25, -0.2) is 0 Å². The van der Waals surface area contributed by atoms with Gasteiger partial charge in [0.15, 0.2) is 11.5 Å². The van der Waals surface area contributed by atoms with E-state index in [1.165, 1.54) is 7.11 Å².